The number of halogens is 1. The van der Waals surface area contributed by atoms with Crippen molar-refractivity contribution >= 4 is 35.0 Å². The van der Waals surface area contributed by atoms with Crippen LogP contribution in [0.5, 0.6) is 11.5 Å². The zero-order valence-corrected chi connectivity index (χ0v) is 19.9. The van der Waals surface area contributed by atoms with Gasteiger partial charge in [-0.1, -0.05) is 41.9 Å². The van der Waals surface area contributed by atoms with E-state index < -0.39 is 24.0 Å². The van der Waals surface area contributed by atoms with Crippen LogP contribution in [0.3, 0.4) is 0 Å². The summed E-state index contributed by atoms with van der Waals surface area (Å²) in [4.78, 5) is 37.6. The van der Waals surface area contributed by atoms with E-state index in [0.29, 0.717) is 23.1 Å². The summed E-state index contributed by atoms with van der Waals surface area (Å²) < 4.78 is 11.6. The molecule has 2 N–H and O–H groups in total. The van der Waals surface area contributed by atoms with Crippen LogP contribution in [0.2, 0.25) is 5.02 Å². The van der Waals surface area contributed by atoms with Crippen LogP contribution in [0.25, 0.3) is 0 Å². The van der Waals surface area contributed by atoms with Crippen molar-refractivity contribution in [1.29, 1.82) is 0 Å². The molecule has 1 fully saturated rings. The van der Waals surface area contributed by atoms with E-state index in [9.17, 15) is 14.4 Å². The van der Waals surface area contributed by atoms with Crippen LogP contribution < -0.4 is 20.2 Å². The number of para-hydroxylation sites is 1. The topological polar surface area (TPSA) is 97.0 Å². The Hall–Kier alpha value is -4.04. The predicted molar refractivity (Wildman–Crippen MR) is 131 cm³/mol. The van der Waals surface area contributed by atoms with Gasteiger partial charge in [0.05, 0.1) is 12.2 Å². The third-order valence-electron chi connectivity index (χ3n) is 5.33. The molecule has 0 radical (unpaired) electrons. The second-order valence-corrected chi connectivity index (χ2v) is 8.26. The van der Waals surface area contributed by atoms with Crippen LogP contribution in [-0.2, 0) is 9.59 Å². The van der Waals surface area contributed by atoms with E-state index in [-0.39, 0.29) is 17.2 Å². The molecule has 180 valence electrons. The number of β-lactam (4-membered cyclic amide) rings is 1. The summed E-state index contributed by atoms with van der Waals surface area (Å²) in [5.74, 6) is -0.346. The van der Waals surface area contributed by atoms with E-state index in [1.165, 1.54) is 18.0 Å². The first-order valence-electron chi connectivity index (χ1n) is 11.0. The van der Waals surface area contributed by atoms with Crippen molar-refractivity contribution in [2.45, 2.75) is 26.0 Å². The Labute approximate surface area is 207 Å². The molecule has 3 aromatic rings. The van der Waals surface area contributed by atoms with Crippen LogP contribution in [0, 0.1) is 0 Å². The lowest BCUT2D eigenvalue weighted by Crippen LogP contribution is -2.67. The van der Waals surface area contributed by atoms with Gasteiger partial charge in [-0.25, -0.2) is 5.01 Å². The zero-order chi connectivity index (χ0) is 24.9. The summed E-state index contributed by atoms with van der Waals surface area (Å²) in [6.07, 6.45) is -0.826. The van der Waals surface area contributed by atoms with E-state index in [0.717, 1.165) is 5.56 Å². The molecule has 35 heavy (non-hydrogen) atoms. The average molecular weight is 494 g/mol. The highest BCUT2D eigenvalue weighted by Crippen LogP contribution is 2.37. The summed E-state index contributed by atoms with van der Waals surface area (Å²) in [5, 5.41) is 4.46. The number of nitrogens with one attached hydrogen (secondary N) is 2. The number of rotatable bonds is 8. The minimum atomic E-state index is -0.826. The van der Waals surface area contributed by atoms with Crippen LogP contribution in [0.4, 0.5) is 5.69 Å². The molecule has 4 rings (SSSR count). The number of ether oxygens (including phenoxy) is 2. The fraction of sp³-hybridized carbons (Fsp3) is 0.192. The van der Waals surface area contributed by atoms with Gasteiger partial charge in [-0.3, -0.25) is 19.8 Å². The monoisotopic (exact) mass is 493 g/mol. The summed E-state index contributed by atoms with van der Waals surface area (Å²) in [7, 11) is 0. The molecule has 3 aromatic carbocycles. The lowest BCUT2D eigenvalue weighted by molar-refractivity contribution is -0.169. The second kappa shape index (κ2) is 10.5. The molecule has 2 atom stereocenters. The molecular formula is C26H24ClN3O5. The first kappa shape index (κ1) is 24.1. The Morgan fingerprint density at radius 3 is 2.40 bits per heavy atom. The van der Waals surface area contributed by atoms with Crippen molar-refractivity contribution in [2.75, 3.05) is 11.9 Å². The van der Waals surface area contributed by atoms with Gasteiger partial charge in [0.25, 0.3) is 11.8 Å². The Morgan fingerprint density at radius 1 is 1.03 bits per heavy atom. The maximum atomic E-state index is 13.2. The highest BCUT2D eigenvalue weighted by Gasteiger charge is 2.51. The van der Waals surface area contributed by atoms with Gasteiger partial charge in [-0.05, 0) is 48.9 Å². The number of benzene rings is 3. The minimum absolute atomic E-state index is 0.219. The van der Waals surface area contributed by atoms with E-state index in [4.69, 9.17) is 21.1 Å². The third kappa shape index (κ3) is 5.38. The molecule has 1 aliphatic rings. The fourth-order valence-corrected chi connectivity index (χ4v) is 3.89. The van der Waals surface area contributed by atoms with Gasteiger partial charge in [0, 0.05) is 23.7 Å². The van der Waals surface area contributed by atoms with Crippen LogP contribution in [-0.4, -0.2) is 35.4 Å². The fourth-order valence-electron chi connectivity index (χ4n) is 3.77. The second-order valence-electron chi connectivity index (χ2n) is 7.82. The number of carbonyl (C=O) groups is 3. The van der Waals surface area contributed by atoms with Gasteiger partial charge in [-0.15, -0.1) is 0 Å². The Bertz CT molecular complexity index is 1230. The molecule has 9 heteroatoms. The highest BCUT2D eigenvalue weighted by molar-refractivity contribution is 6.30. The molecule has 0 saturated carbocycles. The van der Waals surface area contributed by atoms with Crippen molar-refractivity contribution in [2.24, 2.45) is 0 Å². The molecule has 1 aliphatic heterocycles. The number of hydrogen-bond donors (Lipinski definition) is 2. The van der Waals surface area contributed by atoms with E-state index >= 15 is 0 Å². The predicted octanol–water partition coefficient (Wildman–Crippen LogP) is 4.37. The summed E-state index contributed by atoms with van der Waals surface area (Å²) in [6.45, 7) is 3.49. The van der Waals surface area contributed by atoms with Gasteiger partial charge in [0.2, 0.25) is 12.0 Å². The van der Waals surface area contributed by atoms with E-state index in [2.05, 4.69) is 10.7 Å². The van der Waals surface area contributed by atoms with Gasteiger partial charge in [-0.2, -0.15) is 0 Å². The Morgan fingerprint density at radius 2 is 1.74 bits per heavy atom. The first-order valence-corrected chi connectivity index (χ1v) is 11.4. The van der Waals surface area contributed by atoms with Crippen LogP contribution >= 0.6 is 11.6 Å². The SMILES string of the molecule is CCOc1cc(NC(C)=O)ccc1C(=O)NN1C(=O)C(Oc2ccccc2)C1c1ccc(Cl)cc1. The highest BCUT2D eigenvalue weighted by atomic mass is 35.5. The molecule has 0 spiro atoms. The number of anilines is 1. The number of hydrogen-bond acceptors (Lipinski definition) is 5. The lowest BCUT2D eigenvalue weighted by Gasteiger charge is -2.46. The normalized spacial score (nSPS) is 16.8. The van der Waals surface area contributed by atoms with E-state index in [1.54, 1.807) is 55.5 Å². The van der Waals surface area contributed by atoms with Gasteiger partial charge in [0.1, 0.15) is 17.5 Å². The zero-order valence-electron chi connectivity index (χ0n) is 19.2. The van der Waals surface area contributed by atoms with Crippen molar-refractivity contribution in [3.05, 3.63) is 88.9 Å². The number of hydrazine groups is 1. The summed E-state index contributed by atoms with van der Waals surface area (Å²) in [6, 6.07) is 20.1. The van der Waals surface area contributed by atoms with E-state index in [1.807, 2.05) is 18.2 Å². The number of nitrogens with zero attached hydrogens (tertiary/aromatic N) is 1. The van der Waals surface area contributed by atoms with Gasteiger partial charge < -0.3 is 14.8 Å². The lowest BCUT2D eigenvalue weighted by atomic mass is 9.92. The molecule has 1 heterocycles. The Balaban J connectivity index is 1.59. The molecule has 2 unspecified atom stereocenters. The molecule has 0 bridgehead atoms. The standard InChI is InChI=1S/C26H24ClN3O5/c1-3-34-22-15-19(28-16(2)31)13-14-21(22)25(32)29-30-23(17-9-11-18(27)12-10-17)24(26(30)33)35-20-7-5-4-6-8-20/h4-15,23-24H,3H2,1-2H3,(H,28,31)(H,29,32). The molecule has 1 saturated heterocycles. The maximum absolute atomic E-state index is 13.2. The van der Waals surface area contributed by atoms with Crippen molar-refractivity contribution < 1.29 is 23.9 Å². The largest absolute Gasteiger partial charge is 0.493 e. The van der Waals surface area contributed by atoms with Crippen molar-refractivity contribution in [1.82, 2.24) is 10.4 Å². The van der Waals surface area contributed by atoms with Crippen LogP contribution in [0.15, 0.2) is 72.8 Å². The van der Waals surface area contributed by atoms with Gasteiger partial charge >= 0.3 is 0 Å². The first-order chi connectivity index (χ1) is 16.9. The molecule has 0 aromatic heterocycles. The van der Waals surface area contributed by atoms with Crippen molar-refractivity contribution in [3.8, 4) is 11.5 Å². The third-order valence-corrected chi connectivity index (χ3v) is 5.58. The van der Waals surface area contributed by atoms with Crippen LogP contribution in [0.1, 0.15) is 35.8 Å². The number of amides is 3. The molecular weight excluding hydrogens is 470 g/mol. The smallest absolute Gasteiger partial charge is 0.285 e. The maximum Gasteiger partial charge on any atom is 0.285 e. The molecule has 0 aliphatic carbocycles. The molecule has 8 nitrogen and oxygen atoms in total. The summed E-state index contributed by atoms with van der Waals surface area (Å²) >= 11 is 6.04. The van der Waals surface area contributed by atoms with Gasteiger partial charge in [0.15, 0.2) is 0 Å². The Kier molecular flexibility index (Phi) is 7.22. The quantitative estimate of drug-likeness (QED) is 0.454. The minimum Gasteiger partial charge on any atom is -0.493 e. The van der Waals surface area contributed by atoms with Crippen molar-refractivity contribution in [3.63, 3.8) is 0 Å². The molecule has 3 amide bonds. The number of carbonyl (C=O) groups excluding carboxylic acids is 3. The average Bonchev–Trinajstić information content (AvgIpc) is 2.84. The summed E-state index contributed by atoms with van der Waals surface area (Å²) in [5.41, 5.74) is 4.15.